The Kier molecular flexibility index (Phi) is 6.18. The molecule has 1 N–H and O–H groups in total. The molecular weight excluding hydrogens is 412 g/mol. The van der Waals surface area contributed by atoms with E-state index in [1.165, 1.54) is 17.8 Å². The van der Waals surface area contributed by atoms with Gasteiger partial charge >= 0.3 is 0 Å². The van der Waals surface area contributed by atoms with Crippen LogP contribution in [-0.2, 0) is 5.75 Å². The topological polar surface area (TPSA) is 93.9 Å². The molecule has 0 radical (unpaired) electrons. The first kappa shape index (κ1) is 20.9. The van der Waals surface area contributed by atoms with E-state index in [4.69, 9.17) is 9.15 Å². The van der Waals surface area contributed by atoms with Gasteiger partial charge in [-0.1, -0.05) is 11.8 Å². The van der Waals surface area contributed by atoms with Crippen molar-refractivity contribution in [2.24, 2.45) is 0 Å². The molecule has 4 aromatic rings. The van der Waals surface area contributed by atoms with Gasteiger partial charge in [-0.3, -0.25) is 9.78 Å². The first-order chi connectivity index (χ1) is 15.0. The molecular formula is C23H22N4O3S. The summed E-state index contributed by atoms with van der Waals surface area (Å²) in [5, 5.41) is 0.526. The highest BCUT2D eigenvalue weighted by atomic mass is 32.2. The molecule has 4 rings (SSSR count). The van der Waals surface area contributed by atoms with Crippen LogP contribution in [0.1, 0.15) is 25.3 Å². The minimum Gasteiger partial charge on any atom is -0.491 e. The lowest BCUT2D eigenvalue weighted by atomic mass is 10.2. The fraction of sp³-hybridized carbons (Fsp3) is 0.217. The lowest BCUT2D eigenvalue weighted by Crippen LogP contribution is -2.08. The number of hydrogen-bond donors (Lipinski definition) is 1. The Balaban J connectivity index is 1.49. The number of aromatic nitrogens is 4. The van der Waals surface area contributed by atoms with Gasteiger partial charge in [-0.05, 0) is 57.2 Å². The first-order valence-corrected chi connectivity index (χ1v) is 10.8. The quantitative estimate of drug-likeness (QED) is 0.327. The SMILES string of the molecule is Cc1oc(-c2ccc(OC(C)C)cc2)nc1CSc1nc(-c2ccncc2)cc(=O)[nH]1. The Bertz CT molecular complexity index is 1220. The van der Waals surface area contributed by atoms with Gasteiger partial charge in [0.2, 0.25) is 5.89 Å². The summed E-state index contributed by atoms with van der Waals surface area (Å²) in [5.41, 5.74) is 2.93. The van der Waals surface area contributed by atoms with Crippen molar-refractivity contribution in [3.05, 3.63) is 76.7 Å². The molecule has 0 bridgehead atoms. The zero-order chi connectivity index (χ0) is 21.8. The number of aromatic amines is 1. The fourth-order valence-corrected chi connectivity index (χ4v) is 3.82. The van der Waals surface area contributed by atoms with E-state index in [1.54, 1.807) is 12.4 Å². The number of hydrogen-bond acceptors (Lipinski definition) is 7. The molecule has 0 saturated heterocycles. The first-order valence-electron chi connectivity index (χ1n) is 9.86. The molecule has 31 heavy (non-hydrogen) atoms. The Morgan fingerprint density at radius 2 is 1.81 bits per heavy atom. The van der Waals surface area contributed by atoms with Crippen LogP contribution < -0.4 is 10.3 Å². The second kappa shape index (κ2) is 9.18. The van der Waals surface area contributed by atoms with Crippen molar-refractivity contribution in [2.45, 2.75) is 37.8 Å². The summed E-state index contributed by atoms with van der Waals surface area (Å²) in [6, 6.07) is 12.8. The standard InChI is InChI=1S/C23H22N4O3S/c1-14(2)29-18-6-4-17(5-7-18)22-25-20(15(3)30-22)13-31-23-26-19(12-21(28)27-23)16-8-10-24-11-9-16/h4-12,14H,13H2,1-3H3,(H,26,27,28). The van der Waals surface area contributed by atoms with Crippen molar-refractivity contribution in [2.75, 3.05) is 0 Å². The van der Waals surface area contributed by atoms with Crippen LogP contribution in [0.3, 0.4) is 0 Å². The lowest BCUT2D eigenvalue weighted by Gasteiger charge is -2.09. The zero-order valence-electron chi connectivity index (χ0n) is 17.5. The van der Waals surface area contributed by atoms with Gasteiger partial charge in [0.1, 0.15) is 11.5 Å². The number of pyridine rings is 1. The van der Waals surface area contributed by atoms with E-state index < -0.39 is 0 Å². The largest absolute Gasteiger partial charge is 0.491 e. The molecule has 0 amide bonds. The second-order valence-electron chi connectivity index (χ2n) is 7.17. The van der Waals surface area contributed by atoms with Crippen LogP contribution in [0.2, 0.25) is 0 Å². The van der Waals surface area contributed by atoms with Crippen LogP contribution in [-0.4, -0.2) is 26.0 Å². The van der Waals surface area contributed by atoms with Crippen LogP contribution >= 0.6 is 11.8 Å². The third-order valence-corrected chi connectivity index (χ3v) is 5.29. The van der Waals surface area contributed by atoms with Crippen LogP contribution in [0.5, 0.6) is 5.75 Å². The number of nitrogens with zero attached hydrogens (tertiary/aromatic N) is 3. The lowest BCUT2D eigenvalue weighted by molar-refractivity contribution is 0.242. The highest BCUT2D eigenvalue weighted by Crippen LogP contribution is 2.28. The number of oxazole rings is 1. The molecule has 3 aromatic heterocycles. The smallest absolute Gasteiger partial charge is 0.252 e. The van der Waals surface area contributed by atoms with Gasteiger partial charge in [0.15, 0.2) is 5.16 Å². The Hall–Kier alpha value is -3.39. The fourth-order valence-electron chi connectivity index (χ4n) is 2.94. The maximum atomic E-state index is 12.1. The highest BCUT2D eigenvalue weighted by molar-refractivity contribution is 7.98. The number of thioether (sulfide) groups is 1. The van der Waals surface area contributed by atoms with E-state index in [-0.39, 0.29) is 11.7 Å². The van der Waals surface area contributed by atoms with Crippen molar-refractivity contribution in [3.63, 3.8) is 0 Å². The van der Waals surface area contributed by atoms with Crippen molar-refractivity contribution in [1.29, 1.82) is 0 Å². The number of benzene rings is 1. The summed E-state index contributed by atoms with van der Waals surface area (Å²) >= 11 is 1.40. The summed E-state index contributed by atoms with van der Waals surface area (Å²) < 4.78 is 11.5. The van der Waals surface area contributed by atoms with E-state index >= 15 is 0 Å². The molecule has 8 heteroatoms. The predicted octanol–water partition coefficient (Wildman–Crippen LogP) is 4.87. The van der Waals surface area contributed by atoms with Crippen molar-refractivity contribution >= 4 is 11.8 Å². The van der Waals surface area contributed by atoms with E-state index in [9.17, 15) is 4.79 Å². The van der Waals surface area contributed by atoms with Crippen LogP contribution in [0, 0.1) is 6.92 Å². The number of rotatable bonds is 7. The van der Waals surface area contributed by atoms with Gasteiger partial charge in [-0.25, -0.2) is 9.97 Å². The van der Waals surface area contributed by atoms with Gasteiger partial charge in [0.05, 0.1) is 17.5 Å². The third kappa shape index (κ3) is 5.21. The Morgan fingerprint density at radius 3 is 2.52 bits per heavy atom. The third-order valence-electron chi connectivity index (χ3n) is 4.41. The van der Waals surface area contributed by atoms with Crippen LogP contribution in [0.4, 0.5) is 0 Å². The second-order valence-corrected chi connectivity index (χ2v) is 8.14. The van der Waals surface area contributed by atoms with E-state index in [0.717, 1.165) is 28.3 Å². The molecule has 0 spiro atoms. The number of ether oxygens (including phenoxy) is 1. The maximum absolute atomic E-state index is 12.1. The summed E-state index contributed by atoms with van der Waals surface area (Å²) in [4.78, 5) is 28.0. The monoisotopic (exact) mass is 434 g/mol. The molecule has 0 saturated carbocycles. The van der Waals surface area contributed by atoms with Gasteiger partial charge in [-0.2, -0.15) is 0 Å². The summed E-state index contributed by atoms with van der Waals surface area (Å²) in [5.74, 6) is 2.61. The molecule has 158 valence electrons. The van der Waals surface area contributed by atoms with Gasteiger partial charge in [-0.15, -0.1) is 0 Å². The van der Waals surface area contributed by atoms with E-state index in [1.807, 2.05) is 57.2 Å². The molecule has 1 aromatic carbocycles. The molecule has 0 fully saturated rings. The van der Waals surface area contributed by atoms with E-state index in [2.05, 4.69) is 19.9 Å². The van der Waals surface area contributed by atoms with Crippen molar-refractivity contribution in [3.8, 4) is 28.5 Å². The van der Waals surface area contributed by atoms with Crippen LogP contribution in [0.15, 0.2) is 69.2 Å². The highest BCUT2D eigenvalue weighted by Gasteiger charge is 2.13. The Morgan fingerprint density at radius 1 is 1.06 bits per heavy atom. The molecule has 0 unspecified atom stereocenters. The average Bonchev–Trinajstić information content (AvgIpc) is 3.13. The molecule has 0 aliphatic carbocycles. The normalized spacial score (nSPS) is 11.1. The predicted molar refractivity (Wildman–Crippen MR) is 120 cm³/mol. The van der Waals surface area contributed by atoms with Gasteiger partial charge in [0.25, 0.3) is 5.56 Å². The number of aryl methyl sites for hydroxylation is 1. The zero-order valence-corrected chi connectivity index (χ0v) is 18.3. The number of H-pyrrole nitrogens is 1. The number of nitrogens with one attached hydrogen (secondary N) is 1. The van der Waals surface area contributed by atoms with Crippen LogP contribution in [0.25, 0.3) is 22.7 Å². The molecule has 0 atom stereocenters. The van der Waals surface area contributed by atoms with Gasteiger partial charge in [0, 0.05) is 35.3 Å². The molecule has 7 nitrogen and oxygen atoms in total. The minimum absolute atomic E-state index is 0.121. The molecule has 0 aliphatic rings. The summed E-state index contributed by atoms with van der Waals surface area (Å²) in [6.45, 7) is 5.86. The van der Waals surface area contributed by atoms with Crippen molar-refractivity contribution in [1.82, 2.24) is 19.9 Å². The van der Waals surface area contributed by atoms with Crippen molar-refractivity contribution < 1.29 is 9.15 Å². The Labute approximate surface area is 183 Å². The molecule has 3 heterocycles. The van der Waals surface area contributed by atoms with E-state index in [0.29, 0.717) is 22.5 Å². The van der Waals surface area contributed by atoms with Gasteiger partial charge < -0.3 is 14.1 Å². The minimum atomic E-state index is -0.203. The maximum Gasteiger partial charge on any atom is 0.252 e. The molecule has 0 aliphatic heterocycles. The average molecular weight is 435 g/mol. The summed E-state index contributed by atoms with van der Waals surface area (Å²) in [6.07, 6.45) is 3.47. The summed E-state index contributed by atoms with van der Waals surface area (Å²) in [7, 11) is 0.